The van der Waals surface area contributed by atoms with Crippen LogP contribution >= 0.6 is 0 Å². The van der Waals surface area contributed by atoms with Crippen molar-refractivity contribution in [2.75, 3.05) is 0 Å². The number of carbonyl (C=O) groups is 1. The number of alkyl halides is 3. The van der Waals surface area contributed by atoms with Gasteiger partial charge in [-0.25, -0.2) is 15.0 Å². The highest BCUT2D eigenvalue weighted by molar-refractivity contribution is 5.97. The van der Waals surface area contributed by atoms with Gasteiger partial charge >= 0.3 is 12.1 Å². The number of nitrogens with zero attached hydrogens (tertiary/aromatic N) is 7. The number of hydrogen-bond acceptors (Lipinski definition) is 8. The molecular weight excluding hydrogens is 597 g/mol. The molecule has 0 radical (unpaired) electrons. The van der Waals surface area contributed by atoms with E-state index in [1.165, 1.54) is 12.2 Å². The van der Waals surface area contributed by atoms with E-state index in [1.54, 1.807) is 48.1 Å². The first-order valence-electron chi connectivity index (χ1n) is 14.0. The Balaban J connectivity index is 1.47. The summed E-state index contributed by atoms with van der Waals surface area (Å²) < 4.78 is 41.4. The van der Waals surface area contributed by atoms with E-state index in [0.29, 0.717) is 39.5 Å². The summed E-state index contributed by atoms with van der Waals surface area (Å²) in [4.78, 5) is 25.5. The van der Waals surface area contributed by atoms with E-state index in [2.05, 4.69) is 26.7 Å². The van der Waals surface area contributed by atoms with Crippen LogP contribution in [0.2, 0.25) is 0 Å². The van der Waals surface area contributed by atoms with Gasteiger partial charge in [-0.15, -0.1) is 10.2 Å². The Morgan fingerprint density at radius 1 is 1.11 bits per heavy atom. The van der Waals surface area contributed by atoms with Crippen LogP contribution < -0.4 is 5.32 Å². The summed E-state index contributed by atoms with van der Waals surface area (Å²) in [5.41, 5.74) is 0.669. The molecule has 1 amide bonds. The van der Waals surface area contributed by atoms with Gasteiger partial charge in [0.1, 0.15) is 0 Å². The zero-order valence-corrected chi connectivity index (χ0v) is 24.3. The number of amides is 1. The summed E-state index contributed by atoms with van der Waals surface area (Å²) in [6.45, 7) is 5.52. The SMILES string of the molecule is C=C/C(=C\C=C(/C)c1nc2ccn3c(-c4ncccn4)nnc3c2cc1-c1ccccc1)C1(NC(=O)C(F)(F)F)CC(O)(C#N)C1. The van der Waals surface area contributed by atoms with Crippen LogP contribution in [-0.4, -0.2) is 57.9 Å². The number of pyridine rings is 2. The van der Waals surface area contributed by atoms with Gasteiger partial charge in [0.2, 0.25) is 5.82 Å². The maximum atomic E-state index is 13.2. The second-order valence-corrected chi connectivity index (χ2v) is 11.0. The monoisotopic (exact) mass is 622 g/mol. The standard InChI is InChI=1S/C33H25F3N8O2/c1-3-22(32(17-31(46,18-32)19-37)41-30(45)33(34,35)36)11-10-20(2)26-23(21-8-5-4-6-9-21)16-24-25(40-26)12-15-44-28(24)42-43-29(44)27-38-13-7-14-39-27/h3-16,46H,1,17-18H2,2H3,(H,41,45)/b20-10+,22-11+. The molecule has 0 spiro atoms. The molecule has 0 aliphatic heterocycles. The highest BCUT2D eigenvalue weighted by atomic mass is 19.4. The molecule has 1 aliphatic rings. The lowest BCUT2D eigenvalue weighted by atomic mass is 9.61. The third kappa shape index (κ3) is 5.39. The van der Waals surface area contributed by atoms with Crippen molar-refractivity contribution in [1.82, 2.24) is 34.9 Å². The van der Waals surface area contributed by atoms with Gasteiger partial charge in [-0.3, -0.25) is 9.20 Å². The number of rotatable bonds is 7. The lowest BCUT2D eigenvalue weighted by molar-refractivity contribution is -0.178. The Bertz CT molecular complexity index is 2090. The number of allylic oxidation sites excluding steroid dienone is 3. The third-order valence-corrected chi connectivity index (χ3v) is 7.89. The van der Waals surface area contributed by atoms with E-state index >= 15 is 0 Å². The molecule has 1 saturated carbocycles. The number of nitrogens with one attached hydrogen (secondary N) is 1. The summed E-state index contributed by atoms with van der Waals surface area (Å²) in [6, 6.07) is 16.7. The van der Waals surface area contributed by atoms with Gasteiger partial charge in [-0.1, -0.05) is 55.1 Å². The van der Waals surface area contributed by atoms with Crippen molar-refractivity contribution in [3.8, 4) is 28.8 Å². The number of fused-ring (bicyclic) bond motifs is 3. The van der Waals surface area contributed by atoms with Crippen molar-refractivity contribution < 1.29 is 23.1 Å². The summed E-state index contributed by atoms with van der Waals surface area (Å²) in [5.74, 6) is -1.30. The third-order valence-electron chi connectivity index (χ3n) is 7.89. The molecule has 0 atom stereocenters. The number of carbonyl (C=O) groups excluding carboxylic acids is 1. The van der Waals surface area contributed by atoms with Crippen LogP contribution in [-0.2, 0) is 4.79 Å². The summed E-state index contributed by atoms with van der Waals surface area (Å²) >= 11 is 0. The zero-order chi connectivity index (χ0) is 32.7. The van der Waals surface area contributed by atoms with E-state index in [1.807, 2.05) is 47.8 Å². The van der Waals surface area contributed by atoms with Gasteiger partial charge in [0.15, 0.2) is 17.1 Å². The Kier molecular flexibility index (Phi) is 7.45. The van der Waals surface area contributed by atoms with Crippen molar-refractivity contribution in [2.24, 2.45) is 0 Å². The van der Waals surface area contributed by atoms with E-state index < -0.39 is 36.1 Å². The van der Waals surface area contributed by atoms with Crippen LogP contribution in [0.15, 0.2) is 97.5 Å². The minimum atomic E-state index is -5.16. The van der Waals surface area contributed by atoms with E-state index in [9.17, 15) is 28.3 Å². The summed E-state index contributed by atoms with van der Waals surface area (Å²) in [6.07, 6.45) is 3.47. The number of nitriles is 1. The first-order chi connectivity index (χ1) is 22.0. The van der Waals surface area contributed by atoms with E-state index in [-0.39, 0.29) is 5.57 Å². The highest BCUT2D eigenvalue weighted by Gasteiger charge is 2.58. The lowest BCUT2D eigenvalue weighted by Gasteiger charge is -2.51. The molecule has 46 heavy (non-hydrogen) atoms. The van der Waals surface area contributed by atoms with E-state index in [0.717, 1.165) is 11.1 Å². The van der Waals surface area contributed by atoms with Crippen molar-refractivity contribution in [3.63, 3.8) is 0 Å². The second-order valence-electron chi connectivity index (χ2n) is 11.0. The van der Waals surface area contributed by atoms with Gasteiger partial charge in [-0.2, -0.15) is 18.4 Å². The number of hydrogen-bond donors (Lipinski definition) is 2. The average Bonchev–Trinajstić information content (AvgIpc) is 3.48. The summed E-state index contributed by atoms with van der Waals surface area (Å²) in [7, 11) is 0. The fourth-order valence-electron chi connectivity index (χ4n) is 5.70. The minimum absolute atomic E-state index is 0.201. The smallest absolute Gasteiger partial charge is 0.375 e. The van der Waals surface area contributed by atoms with Crippen LogP contribution in [0, 0.1) is 11.3 Å². The number of aromatic nitrogens is 6. The quantitative estimate of drug-likeness (QED) is 0.182. The Morgan fingerprint density at radius 3 is 2.48 bits per heavy atom. The lowest BCUT2D eigenvalue weighted by Crippen LogP contribution is -2.67. The highest BCUT2D eigenvalue weighted by Crippen LogP contribution is 2.47. The van der Waals surface area contributed by atoms with Gasteiger partial charge in [-0.05, 0) is 41.8 Å². The van der Waals surface area contributed by atoms with Gasteiger partial charge in [0.05, 0.1) is 22.8 Å². The van der Waals surface area contributed by atoms with Gasteiger partial charge in [0.25, 0.3) is 0 Å². The van der Waals surface area contributed by atoms with Crippen LogP contribution in [0.25, 0.3) is 44.9 Å². The first-order valence-corrected chi connectivity index (χ1v) is 14.0. The van der Waals surface area contributed by atoms with Crippen LogP contribution in [0.1, 0.15) is 25.5 Å². The molecule has 10 nitrogen and oxygen atoms in total. The second kappa shape index (κ2) is 11.3. The molecule has 0 saturated heterocycles. The Labute approximate surface area is 260 Å². The molecule has 13 heteroatoms. The maximum absolute atomic E-state index is 13.2. The fourth-order valence-corrected chi connectivity index (χ4v) is 5.70. The molecule has 230 valence electrons. The van der Waals surface area contributed by atoms with Crippen LogP contribution in [0.3, 0.4) is 0 Å². The van der Waals surface area contributed by atoms with Gasteiger partial charge < -0.3 is 10.4 Å². The topological polar surface area (TPSA) is 142 Å². The molecule has 5 aromatic rings. The molecule has 1 aliphatic carbocycles. The molecular formula is C33H25F3N8O2. The van der Waals surface area contributed by atoms with Gasteiger partial charge in [0, 0.05) is 42.4 Å². The molecule has 0 bridgehead atoms. The molecule has 1 aromatic carbocycles. The van der Waals surface area contributed by atoms with Crippen LogP contribution in [0.5, 0.6) is 0 Å². The first kappa shape index (κ1) is 30.3. The van der Waals surface area contributed by atoms with Crippen molar-refractivity contribution in [1.29, 1.82) is 5.26 Å². The zero-order valence-electron chi connectivity index (χ0n) is 24.3. The van der Waals surface area contributed by atoms with Crippen molar-refractivity contribution >= 4 is 28.0 Å². The predicted molar refractivity (Wildman–Crippen MR) is 163 cm³/mol. The Morgan fingerprint density at radius 2 is 1.83 bits per heavy atom. The number of halogens is 3. The van der Waals surface area contributed by atoms with Crippen LogP contribution in [0.4, 0.5) is 13.2 Å². The number of aliphatic hydroxyl groups is 1. The molecule has 4 heterocycles. The molecule has 0 unspecified atom stereocenters. The molecule has 4 aromatic heterocycles. The van der Waals surface area contributed by atoms with E-state index in [4.69, 9.17) is 4.98 Å². The van der Waals surface area contributed by atoms with Crippen molar-refractivity contribution in [3.05, 3.63) is 103 Å². The molecule has 6 rings (SSSR count). The van der Waals surface area contributed by atoms with Crippen molar-refractivity contribution in [2.45, 2.75) is 37.1 Å². The normalized spacial score (nSPS) is 20.3. The number of benzene rings is 1. The fraction of sp³-hybridized carbons (Fsp3) is 0.182. The largest absolute Gasteiger partial charge is 0.471 e. The average molecular weight is 623 g/mol. The predicted octanol–water partition coefficient (Wildman–Crippen LogP) is 5.38. The Hall–Kier alpha value is -5.74. The minimum Gasteiger partial charge on any atom is -0.375 e. The maximum Gasteiger partial charge on any atom is 0.471 e. The summed E-state index contributed by atoms with van der Waals surface area (Å²) in [5, 5.41) is 31.1. The molecule has 1 fully saturated rings. The molecule has 2 N–H and O–H groups in total.